The number of carbonyl (C=O) groups excluding carboxylic acids is 2. The fraction of sp³-hybridized carbons (Fsp3) is 0.562. The van der Waals surface area contributed by atoms with Crippen molar-refractivity contribution in [1.29, 1.82) is 0 Å². The first-order chi connectivity index (χ1) is 11.7. The van der Waals surface area contributed by atoms with Crippen molar-refractivity contribution < 1.29 is 28.5 Å². The van der Waals surface area contributed by atoms with Crippen molar-refractivity contribution in [1.82, 2.24) is 9.88 Å². The summed E-state index contributed by atoms with van der Waals surface area (Å²) in [5.74, 6) is -1.08. The third kappa shape index (κ3) is 4.45. The molecule has 1 heterocycles. The molecule has 0 radical (unpaired) electrons. The van der Waals surface area contributed by atoms with Crippen LogP contribution in [-0.4, -0.2) is 55.4 Å². The third-order valence-corrected chi connectivity index (χ3v) is 3.61. The molecular weight excluding hydrogens is 352 g/mol. The summed E-state index contributed by atoms with van der Waals surface area (Å²) in [7, 11) is 3.85. The van der Waals surface area contributed by atoms with E-state index in [4.69, 9.17) is 30.5 Å². The fourth-order valence-corrected chi connectivity index (χ4v) is 2.59. The first-order valence-electron chi connectivity index (χ1n) is 7.59. The van der Waals surface area contributed by atoms with Gasteiger partial charge in [-0.3, -0.25) is 0 Å². The van der Waals surface area contributed by atoms with Crippen LogP contribution in [0.1, 0.15) is 38.1 Å². The minimum atomic E-state index is -0.818. The minimum Gasteiger partial charge on any atom is -0.489 e. The molecule has 0 aliphatic carbocycles. The second-order valence-electron chi connectivity index (χ2n) is 5.60. The molecule has 0 aliphatic heterocycles. The van der Waals surface area contributed by atoms with Crippen LogP contribution in [0.3, 0.4) is 0 Å². The minimum absolute atomic E-state index is 0.0244. The third-order valence-electron chi connectivity index (χ3n) is 3.33. The Hall–Kier alpha value is -2.22. The Morgan fingerprint density at radius 3 is 1.96 bits per heavy atom. The molecule has 25 heavy (non-hydrogen) atoms. The van der Waals surface area contributed by atoms with Crippen molar-refractivity contribution in [2.75, 3.05) is 21.3 Å². The first-order valence-corrected chi connectivity index (χ1v) is 7.97. The predicted octanol–water partition coefficient (Wildman–Crippen LogP) is 3.16. The van der Waals surface area contributed by atoms with Gasteiger partial charge in [0.05, 0.1) is 21.3 Å². The number of pyridine rings is 1. The average molecular weight is 375 g/mol. The van der Waals surface area contributed by atoms with Gasteiger partial charge >= 0.3 is 12.1 Å². The molecule has 0 aromatic carbocycles. The van der Waals surface area contributed by atoms with Crippen LogP contribution in [0.5, 0.6) is 17.4 Å². The van der Waals surface area contributed by atoms with Crippen LogP contribution < -0.4 is 14.2 Å². The van der Waals surface area contributed by atoms with E-state index < -0.39 is 12.1 Å². The van der Waals surface area contributed by atoms with Gasteiger partial charge in [0.15, 0.2) is 10.9 Å². The van der Waals surface area contributed by atoms with Crippen molar-refractivity contribution >= 4 is 23.7 Å². The van der Waals surface area contributed by atoms with E-state index in [1.54, 1.807) is 0 Å². The van der Waals surface area contributed by atoms with Crippen LogP contribution in [0.2, 0.25) is 5.15 Å². The monoisotopic (exact) mass is 374 g/mol. The van der Waals surface area contributed by atoms with E-state index in [0.717, 1.165) is 0 Å². The van der Waals surface area contributed by atoms with Crippen molar-refractivity contribution in [2.45, 2.75) is 39.8 Å². The Balaban J connectivity index is 3.52. The summed E-state index contributed by atoms with van der Waals surface area (Å²) < 4.78 is 20.5. The quantitative estimate of drug-likeness (QED) is 0.558. The highest BCUT2D eigenvalue weighted by Gasteiger charge is 2.31. The van der Waals surface area contributed by atoms with Gasteiger partial charge < -0.3 is 23.8 Å². The zero-order chi connectivity index (χ0) is 19.3. The average Bonchev–Trinajstić information content (AvgIpc) is 2.52. The molecule has 0 bridgehead atoms. The maximum absolute atomic E-state index is 12.6. The summed E-state index contributed by atoms with van der Waals surface area (Å²) in [6, 6.07) is -0.251. The van der Waals surface area contributed by atoms with Gasteiger partial charge in [0.1, 0.15) is 5.56 Å². The predicted molar refractivity (Wildman–Crippen MR) is 91.8 cm³/mol. The first kappa shape index (κ1) is 20.8. The van der Waals surface area contributed by atoms with Crippen LogP contribution in [0, 0.1) is 0 Å². The normalized spacial score (nSPS) is 10.6. The van der Waals surface area contributed by atoms with Gasteiger partial charge in [-0.05, 0) is 27.7 Å². The van der Waals surface area contributed by atoms with Crippen molar-refractivity contribution in [3.8, 4) is 17.4 Å². The number of halogens is 1. The molecule has 1 amide bonds. The lowest BCUT2D eigenvalue weighted by Gasteiger charge is -2.30. The number of nitrogens with zero attached hydrogens (tertiary/aromatic N) is 2. The molecule has 0 unspecified atom stereocenters. The second kappa shape index (κ2) is 8.75. The lowest BCUT2D eigenvalue weighted by Crippen LogP contribution is -2.43. The molecule has 0 atom stereocenters. The molecule has 8 nitrogen and oxygen atoms in total. The summed E-state index contributed by atoms with van der Waals surface area (Å²) in [4.78, 5) is 30.2. The SMILES string of the molecule is COC(=O)c1c(Cl)nc(OC)c(OC)c1OC(=O)N(C(C)C)C(C)C. The maximum Gasteiger partial charge on any atom is 0.415 e. The zero-order valence-electron chi connectivity index (χ0n) is 15.4. The Morgan fingerprint density at radius 2 is 1.56 bits per heavy atom. The van der Waals surface area contributed by atoms with E-state index in [2.05, 4.69) is 4.98 Å². The summed E-state index contributed by atoms with van der Waals surface area (Å²) >= 11 is 6.05. The lowest BCUT2D eigenvalue weighted by atomic mass is 10.2. The molecule has 0 aliphatic rings. The summed E-state index contributed by atoms with van der Waals surface area (Å²) in [5.41, 5.74) is -0.220. The molecule has 1 aromatic rings. The molecule has 0 fully saturated rings. The van der Waals surface area contributed by atoms with E-state index in [1.165, 1.54) is 26.2 Å². The van der Waals surface area contributed by atoms with E-state index in [9.17, 15) is 9.59 Å². The van der Waals surface area contributed by atoms with Crippen LogP contribution in [0.4, 0.5) is 4.79 Å². The Kier molecular flexibility index (Phi) is 7.29. The number of esters is 1. The number of methoxy groups -OCH3 is 3. The lowest BCUT2D eigenvalue weighted by molar-refractivity contribution is 0.0595. The fourth-order valence-electron chi connectivity index (χ4n) is 2.35. The highest BCUT2D eigenvalue weighted by Crippen LogP contribution is 2.42. The van der Waals surface area contributed by atoms with Gasteiger partial charge in [-0.25, -0.2) is 9.59 Å². The van der Waals surface area contributed by atoms with Gasteiger partial charge in [-0.2, -0.15) is 4.98 Å². The standard InChI is InChI=1S/C16H23ClN2O6/c1-8(2)19(9(3)4)16(21)25-11-10(15(20)24-7)13(17)18-14(23-6)12(11)22-5/h8-9H,1-7H3. The highest BCUT2D eigenvalue weighted by molar-refractivity contribution is 6.33. The largest absolute Gasteiger partial charge is 0.489 e. The van der Waals surface area contributed by atoms with Gasteiger partial charge in [0.2, 0.25) is 5.75 Å². The molecule has 0 N–H and O–H groups in total. The number of aromatic nitrogens is 1. The molecule has 1 rings (SSSR count). The number of rotatable bonds is 6. The van der Waals surface area contributed by atoms with Crippen LogP contribution >= 0.6 is 11.6 Å². The number of ether oxygens (including phenoxy) is 4. The topological polar surface area (TPSA) is 87.2 Å². The number of amides is 1. The van der Waals surface area contributed by atoms with Crippen LogP contribution in [0.25, 0.3) is 0 Å². The van der Waals surface area contributed by atoms with Crippen LogP contribution in [-0.2, 0) is 4.74 Å². The maximum atomic E-state index is 12.6. The smallest absolute Gasteiger partial charge is 0.415 e. The highest BCUT2D eigenvalue weighted by atomic mass is 35.5. The van der Waals surface area contributed by atoms with E-state index in [1.807, 2.05) is 27.7 Å². The molecule has 0 saturated heterocycles. The number of carbonyl (C=O) groups is 2. The number of hydrogen-bond acceptors (Lipinski definition) is 7. The summed E-state index contributed by atoms with van der Waals surface area (Å²) in [6.45, 7) is 7.39. The van der Waals surface area contributed by atoms with Gasteiger partial charge in [-0.15, -0.1) is 0 Å². The molecule has 1 aromatic heterocycles. The molecule has 9 heteroatoms. The van der Waals surface area contributed by atoms with Crippen molar-refractivity contribution in [3.05, 3.63) is 10.7 Å². The Bertz CT molecular complexity index is 640. The van der Waals surface area contributed by atoms with Crippen molar-refractivity contribution in [3.63, 3.8) is 0 Å². The Labute approximate surface area is 152 Å². The number of hydrogen-bond donors (Lipinski definition) is 0. The summed E-state index contributed by atoms with van der Waals surface area (Å²) in [5, 5.41) is -0.229. The van der Waals surface area contributed by atoms with E-state index in [0.29, 0.717) is 0 Å². The van der Waals surface area contributed by atoms with Gasteiger partial charge in [0.25, 0.3) is 5.88 Å². The van der Waals surface area contributed by atoms with Gasteiger partial charge in [-0.1, -0.05) is 11.6 Å². The van der Waals surface area contributed by atoms with E-state index >= 15 is 0 Å². The second-order valence-corrected chi connectivity index (χ2v) is 5.96. The molecule has 0 saturated carbocycles. The summed E-state index contributed by atoms with van der Waals surface area (Å²) in [6.07, 6.45) is -0.669. The molecular formula is C16H23ClN2O6. The van der Waals surface area contributed by atoms with Crippen LogP contribution in [0.15, 0.2) is 0 Å². The Morgan fingerprint density at radius 1 is 1.00 bits per heavy atom. The molecule has 140 valence electrons. The molecule has 0 spiro atoms. The van der Waals surface area contributed by atoms with E-state index in [-0.39, 0.29) is 40.2 Å². The van der Waals surface area contributed by atoms with Crippen molar-refractivity contribution in [2.24, 2.45) is 0 Å². The zero-order valence-corrected chi connectivity index (χ0v) is 16.1. The van der Waals surface area contributed by atoms with Gasteiger partial charge in [0, 0.05) is 12.1 Å².